The van der Waals surface area contributed by atoms with Crippen LogP contribution in [0.15, 0.2) is 12.1 Å². The molecule has 0 unspecified atom stereocenters. The average molecular weight is 245 g/mol. The molecule has 1 aromatic carbocycles. The Labute approximate surface area is 97.3 Å². The first kappa shape index (κ1) is 13.4. The molecule has 4 nitrogen and oxygen atoms in total. The van der Waals surface area contributed by atoms with E-state index in [1.165, 1.54) is 20.3 Å². The first-order valence-electron chi connectivity index (χ1n) is 4.82. The third kappa shape index (κ3) is 2.71. The molecule has 1 aromatic rings. The molecule has 0 bridgehead atoms. The molecule has 0 heterocycles. The van der Waals surface area contributed by atoms with Crippen LogP contribution in [0.2, 0.25) is 0 Å². The van der Waals surface area contributed by atoms with Crippen LogP contribution in [0.3, 0.4) is 0 Å². The van der Waals surface area contributed by atoms with Gasteiger partial charge in [0.2, 0.25) is 0 Å². The van der Waals surface area contributed by atoms with Crippen molar-refractivity contribution in [1.29, 1.82) is 0 Å². The number of ether oxygens (including phenoxy) is 2. The molecule has 0 saturated heterocycles. The quantitative estimate of drug-likeness (QED) is 0.803. The molecule has 0 aliphatic carbocycles. The van der Waals surface area contributed by atoms with Crippen molar-refractivity contribution in [2.24, 2.45) is 5.73 Å². The van der Waals surface area contributed by atoms with Crippen molar-refractivity contribution in [1.82, 2.24) is 0 Å². The maximum absolute atomic E-state index is 12.7. The molecule has 6 heteroatoms. The van der Waals surface area contributed by atoms with Gasteiger partial charge in [-0.2, -0.15) is 0 Å². The van der Waals surface area contributed by atoms with Crippen LogP contribution in [0.1, 0.15) is 22.3 Å². The van der Waals surface area contributed by atoms with E-state index in [1.54, 1.807) is 0 Å². The lowest BCUT2D eigenvalue weighted by atomic mass is 10.0. The van der Waals surface area contributed by atoms with E-state index in [0.29, 0.717) is 0 Å². The highest BCUT2D eigenvalue weighted by Gasteiger charge is 2.20. The largest absolute Gasteiger partial charge is 0.496 e. The van der Waals surface area contributed by atoms with Gasteiger partial charge in [-0.1, -0.05) is 0 Å². The van der Waals surface area contributed by atoms with Gasteiger partial charge in [0.05, 0.1) is 31.9 Å². The number of nitrogens with two attached hydrogens (primary N) is 1. The van der Waals surface area contributed by atoms with Gasteiger partial charge >= 0.3 is 0 Å². The van der Waals surface area contributed by atoms with Crippen molar-refractivity contribution >= 4 is 5.78 Å². The Kier molecular flexibility index (Phi) is 4.39. The second-order valence-electron chi connectivity index (χ2n) is 3.22. The number of carbonyl (C=O) groups excluding carboxylic acids is 1. The average Bonchev–Trinajstić information content (AvgIpc) is 2.35. The van der Waals surface area contributed by atoms with Gasteiger partial charge in [-0.15, -0.1) is 0 Å². The summed E-state index contributed by atoms with van der Waals surface area (Å²) in [5.41, 5.74) is 4.88. The predicted molar refractivity (Wildman–Crippen MR) is 57.9 cm³/mol. The van der Waals surface area contributed by atoms with Crippen molar-refractivity contribution in [2.75, 3.05) is 20.8 Å². The highest BCUT2D eigenvalue weighted by atomic mass is 19.3. The maximum atomic E-state index is 12.7. The number of alkyl halides is 2. The molecule has 0 atom stereocenters. The fraction of sp³-hybridized carbons (Fsp3) is 0.364. The Morgan fingerprint density at radius 1 is 1.29 bits per heavy atom. The number of methoxy groups -OCH3 is 2. The Morgan fingerprint density at radius 2 is 1.88 bits per heavy atom. The Morgan fingerprint density at radius 3 is 2.29 bits per heavy atom. The highest BCUT2D eigenvalue weighted by Crippen LogP contribution is 2.35. The van der Waals surface area contributed by atoms with E-state index in [9.17, 15) is 13.6 Å². The van der Waals surface area contributed by atoms with Gasteiger partial charge in [0.1, 0.15) is 11.5 Å². The molecule has 17 heavy (non-hydrogen) atoms. The predicted octanol–water partition coefficient (Wildman–Crippen LogP) is 1.78. The molecule has 0 fully saturated rings. The maximum Gasteiger partial charge on any atom is 0.267 e. The fourth-order valence-corrected chi connectivity index (χ4v) is 1.42. The minimum atomic E-state index is -2.74. The van der Waals surface area contributed by atoms with Gasteiger partial charge in [0, 0.05) is 6.07 Å². The summed E-state index contributed by atoms with van der Waals surface area (Å²) in [6, 6.07) is 2.31. The monoisotopic (exact) mass is 245 g/mol. The summed E-state index contributed by atoms with van der Waals surface area (Å²) < 4.78 is 35.2. The molecule has 0 spiro atoms. The van der Waals surface area contributed by atoms with Gasteiger partial charge in [0.25, 0.3) is 6.43 Å². The molecule has 0 saturated carbocycles. The number of benzene rings is 1. The minimum Gasteiger partial charge on any atom is -0.496 e. The van der Waals surface area contributed by atoms with Crippen LogP contribution in [0, 0.1) is 0 Å². The lowest BCUT2D eigenvalue weighted by molar-refractivity contribution is 0.0997. The fourth-order valence-electron chi connectivity index (χ4n) is 1.42. The van der Waals surface area contributed by atoms with Crippen molar-refractivity contribution in [3.63, 3.8) is 0 Å². The van der Waals surface area contributed by atoms with Crippen LogP contribution in [-0.4, -0.2) is 26.5 Å². The topological polar surface area (TPSA) is 61.5 Å². The second kappa shape index (κ2) is 5.58. The van der Waals surface area contributed by atoms with Crippen LogP contribution < -0.4 is 15.2 Å². The van der Waals surface area contributed by atoms with Crippen molar-refractivity contribution < 1.29 is 23.0 Å². The van der Waals surface area contributed by atoms with Crippen molar-refractivity contribution in [2.45, 2.75) is 6.43 Å². The van der Waals surface area contributed by atoms with Crippen LogP contribution in [-0.2, 0) is 0 Å². The summed E-state index contributed by atoms with van der Waals surface area (Å²) in [6.45, 7) is -0.272. The van der Waals surface area contributed by atoms with Gasteiger partial charge in [-0.05, 0) is 6.07 Å². The van der Waals surface area contributed by atoms with Crippen molar-refractivity contribution in [3.05, 3.63) is 23.3 Å². The standard InChI is InChI=1S/C11H13F2NO3/c1-16-9-4-10(17-2)7(11(12)13)3-6(9)8(15)5-14/h3-4,11H,5,14H2,1-2H3. The molecule has 94 valence electrons. The van der Waals surface area contributed by atoms with Crippen LogP contribution in [0.4, 0.5) is 8.78 Å². The van der Waals surface area contributed by atoms with E-state index >= 15 is 0 Å². The zero-order valence-corrected chi connectivity index (χ0v) is 9.50. The van der Waals surface area contributed by atoms with Crippen LogP contribution >= 0.6 is 0 Å². The minimum absolute atomic E-state index is 0.0228. The van der Waals surface area contributed by atoms with E-state index < -0.39 is 12.2 Å². The molecule has 0 aromatic heterocycles. The summed E-state index contributed by atoms with van der Waals surface area (Å²) in [7, 11) is 2.61. The zero-order valence-electron chi connectivity index (χ0n) is 9.50. The molecule has 0 aliphatic rings. The Balaban J connectivity index is 3.39. The van der Waals surface area contributed by atoms with Crippen LogP contribution in [0.25, 0.3) is 0 Å². The SMILES string of the molecule is COc1cc(OC)c(C(F)F)cc1C(=O)CN. The van der Waals surface area contributed by atoms with Gasteiger partial charge < -0.3 is 15.2 Å². The number of halogens is 2. The number of hydrogen-bond acceptors (Lipinski definition) is 4. The van der Waals surface area contributed by atoms with Gasteiger partial charge in [0.15, 0.2) is 5.78 Å². The smallest absolute Gasteiger partial charge is 0.267 e. The summed E-state index contributed by atoms with van der Waals surface area (Å²) >= 11 is 0. The highest BCUT2D eigenvalue weighted by molar-refractivity contribution is 6.00. The molecule has 0 radical (unpaired) electrons. The lowest BCUT2D eigenvalue weighted by Crippen LogP contribution is -2.15. The second-order valence-corrected chi connectivity index (χ2v) is 3.22. The summed E-state index contributed by atoms with van der Waals surface area (Å²) in [5.74, 6) is -0.321. The first-order valence-corrected chi connectivity index (χ1v) is 4.82. The van der Waals surface area contributed by atoms with E-state index in [0.717, 1.165) is 6.07 Å². The van der Waals surface area contributed by atoms with Crippen LogP contribution in [0.5, 0.6) is 11.5 Å². The molecule has 1 rings (SSSR count). The summed E-state index contributed by atoms with van der Waals surface area (Å²) in [4.78, 5) is 11.5. The number of carbonyl (C=O) groups is 1. The molecule has 0 amide bonds. The molecule has 0 aliphatic heterocycles. The van der Waals surface area contributed by atoms with Gasteiger partial charge in [-0.25, -0.2) is 8.78 Å². The molecular weight excluding hydrogens is 232 g/mol. The third-order valence-corrected chi connectivity index (χ3v) is 2.27. The third-order valence-electron chi connectivity index (χ3n) is 2.27. The number of ketones is 1. The molecule has 2 N–H and O–H groups in total. The molecular formula is C11H13F2NO3. The normalized spacial score (nSPS) is 10.5. The number of Topliss-reactive ketones (excluding diaryl/α,β-unsaturated/α-hetero) is 1. The number of hydrogen-bond donors (Lipinski definition) is 1. The summed E-state index contributed by atoms with van der Waals surface area (Å²) in [6.07, 6.45) is -2.74. The summed E-state index contributed by atoms with van der Waals surface area (Å²) in [5, 5.41) is 0. The Bertz CT molecular complexity index is 421. The van der Waals surface area contributed by atoms with E-state index in [1.807, 2.05) is 0 Å². The van der Waals surface area contributed by atoms with E-state index in [-0.39, 0.29) is 29.2 Å². The lowest BCUT2D eigenvalue weighted by Gasteiger charge is -2.13. The van der Waals surface area contributed by atoms with Crippen molar-refractivity contribution in [3.8, 4) is 11.5 Å². The van der Waals surface area contributed by atoms with E-state index in [2.05, 4.69) is 0 Å². The first-order chi connectivity index (χ1) is 8.04. The van der Waals surface area contributed by atoms with Gasteiger partial charge in [-0.3, -0.25) is 4.79 Å². The Hall–Kier alpha value is -1.69. The number of rotatable bonds is 5. The van der Waals surface area contributed by atoms with E-state index in [4.69, 9.17) is 15.2 Å². The zero-order chi connectivity index (χ0) is 13.0.